The van der Waals surface area contributed by atoms with Gasteiger partial charge in [-0.2, -0.15) is 0 Å². The van der Waals surface area contributed by atoms with Gasteiger partial charge in [0.25, 0.3) is 5.91 Å². The second-order valence-corrected chi connectivity index (χ2v) is 6.53. The zero-order valence-corrected chi connectivity index (χ0v) is 11.5. The minimum Gasteiger partial charge on any atom is -0.318 e. The molecule has 2 fully saturated rings. The lowest BCUT2D eigenvalue weighted by Crippen LogP contribution is -2.66. The van der Waals surface area contributed by atoms with Crippen LogP contribution in [-0.2, 0) is 14.4 Å². The molecule has 18 heavy (non-hydrogen) atoms. The molecule has 0 aliphatic carbocycles. The maximum Gasteiger partial charge on any atom is 0.252 e. The fraction of sp³-hybridized carbons (Fsp3) is 0.750. The molecule has 3 amide bonds. The van der Waals surface area contributed by atoms with E-state index in [0.717, 1.165) is 25.0 Å². The Morgan fingerprint density at radius 3 is 2.72 bits per heavy atom. The topological polar surface area (TPSA) is 66.5 Å². The highest BCUT2D eigenvalue weighted by atomic mass is 32.2. The zero-order valence-electron chi connectivity index (χ0n) is 10.7. The van der Waals surface area contributed by atoms with E-state index in [1.165, 1.54) is 4.90 Å². The molecule has 0 saturated carbocycles. The van der Waals surface area contributed by atoms with E-state index >= 15 is 0 Å². The predicted molar refractivity (Wildman–Crippen MR) is 69.0 cm³/mol. The van der Waals surface area contributed by atoms with Crippen molar-refractivity contribution < 1.29 is 14.4 Å². The Morgan fingerprint density at radius 1 is 1.39 bits per heavy atom. The van der Waals surface area contributed by atoms with Gasteiger partial charge in [-0.05, 0) is 32.4 Å². The average Bonchev–Trinajstić information content (AvgIpc) is 2.34. The maximum absolute atomic E-state index is 12.4. The van der Waals surface area contributed by atoms with Crippen LogP contribution in [0.25, 0.3) is 0 Å². The number of imide groups is 1. The van der Waals surface area contributed by atoms with Crippen LogP contribution in [-0.4, -0.2) is 45.7 Å². The van der Waals surface area contributed by atoms with Crippen LogP contribution >= 0.6 is 11.8 Å². The van der Waals surface area contributed by atoms with Crippen molar-refractivity contribution >= 4 is 29.5 Å². The Hall–Kier alpha value is -1.04. The van der Waals surface area contributed by atoms with Gasteiger partial charge in [0.05, 0.1) is 5.25 Å². The van der Waals surface area contributed by atoms with E-state index in [2.05, 4.69) is 5.32 Å². The smallest absolute Gasteiger partial charge is 0.252 e. The van der Waals surface area contributed by atoms with Crippen LogP contribution in [0.5, 0.6) is 0 Å². The predicted octanol–water partition coefficient (Wildman–Crippen LogP) is 0.536. The highest BCUT2D eigenvalue weighted by Crippen LogP contribution is 2.29. The first-order valence-corrected chi connectivity index (χ1v) is 7.25. The Kier molecular flexibility index (Phi) is 3.66. The summed E-state index contributed by atoms with van der Waals surface area (Å²) in [6.45, 7) is 3.34. The third-order valence-electron chi connectivity index (χ3n) is 3.51. The van der Waals surface area contributed by atoms with E-state index in [-0.39, 0.29) is 17.7 Å². The van der Waals surface area contributed by atoms with Gasteiger partial charge >= 0.3 is 0 Å². The first-order chi connectivity index (χ1) is 8.43. The van der Waals surface area contributed by atoms with Gasteiger partial charge in [0.2, 0.25) is 11.8 Å². The molecule has 1 N–H and O–H groups in total. The Labute approximate surface area is 111 Å². The van der Waals surface area contributed by atoms with Crippen LogP contribution in [0.4, 0.5) is 0 Å². The molecule has 0 bridgehead atoms. The van der Waals surface area contributed by atoms with Gasteiger partial charge < -0.3 is 4.90 Å². The molecule has 2 heterocycles. The highest BCUT2D eigenvalue weighted by molar-refractivity contribution is 8.00. The first kappa shape index (κ1) is 13.4. The maximum atomic E-state index is 12.4. The lowest BCUT2D eigenvalue weighted by Gasteiger charge is -2.42. The molecule has 1 unspecified atom stereocenters. The number of carbonyl (C=O) groups is 3. The van der Waals surface area contributed by atoms with Crippen molar-refractivity contribution in [3.63, 3.8) is 0 Å². The molecule has 0 aromatic rings. The lowest BCUT2D eigenvalue weighted by atomic mass is 9.97. The van der Waals surface area contributed by atoms with E-state index in [4.69, 9.17) is 0 Å². The van der Waals surface area contributed by atoms with Crippen LogP contribution in [0.1, 0.15) is 33.1 Å². The van der Waals surface area contributed by atoms with Gasteiger partial charge in [-0.1, -0.05) is 6.42 Å². The Morgan fingerprint density at radius 2 is 2.11 bits per heavy atom. The lowest BCUT2D eigenvalue weighted by molar-refractivity contribution is -0.155. The molecular formula is C12H18N2O3S. The number of amides is 3. The van der Waals surface area contributed by atoms with E-state index in [1.807, 2.05) is 0 Å². The number of piperazine rings is 1. The largest absolute Gasteiger partial charge is 0.318 e. The number of thioether (sulfide) groups is 1. The summed E-state index contributed by atoms with van der Waals surface area (Å²) in [6, 6.07) is 0. The molecule has 5 nitrogen and oxygen atoms in total. The number of nitrogens with one attached hydrogen (secondary N) is 1. The number of carbonyl (C=O) groups excluding carboxylic acids is 3. The average molecular weight is 270 g/mol. The molecule has 2 aliphatic heterocycles. The SMILES string of the molecule is CC1(C)C(=O)NC(=O)CN1C(=O)C1CCCCS1. The molecule has 2 aliphatic rings. The van der Waals surface area contributed by atoms with Crippen molar-refractivity contribution in [1.82, 2.24) is 10.2 Å². The summed E-state index contributed by atoms with van der Waals surface area (Å²) in [5, 5.41) is 2.18. The standard InChI is InChI=1S/C12H18N2O3S/c1-12(2)11(17)13-9(15)7-14(12)10(16)8-5-3-4-6-18-8/h8H,3-7H2,1-2H3,(H,13,15,17). The number of rotatable bonds is 1. The Balaban J connectivity index is 2.16. The van der Waals surface area contributed by atoms with Gasteiger partial charge in [-0.25, -0.2) is 0 Å². The summed E-state index contributed by atoms with van der Waals surface area (Å²) in [5.41, 5.74) is -0.941. The summed E-state index contributed by atoms with van der Waals surface area (Å²) < 4.78 is 0. The number of hydrogen-bond acceptors (Lipinski definition) is 4. The van der Waals surface area contributed by atoms with Crippen LogP contribution in [0.15, 0.2) is 0 Å². The number of hydrogen-bond donors (Lipinski definition) is 1. The zero-order chi connectivity index (χ0) is 13.3. The third-order valence-corrected chi connectivity index (χ3v) is 4.87. The normalized spacial score (nSPS) is 27.9. The Bertz CT molecular complexity index is 389. The second kappa shape index (κ2) is 4.91. The molecular weight excluding hydrogens is 252 g/mol. The third kappa shape index (κ3) is 2.39. The molecule has 2 rings (SSSR count). The minimum atomic E-state index is -0.941. The summed E-state index contributed by atoms with van der Waals surface area (Å²) in [5.74, 6) is 0.111. The molecule has 100 valence electrons. The minimum absolute atomic E-state index is 0.0192. The van der Waals surface area contributed by atoms with E-state index < -0.39 is 17.4 Å². The molecule has 0 spiro atoms. The van der Waals surface area contributed by atoms with Crippen LogP contribution in [0.2, 0.25) is 0 Å². The fourth-order valence-corrected chi connectivity index (χ4v) is 3.50. The summed E-state index contributed by atoms with van der Waals surface area (Å²) in [7, 11) is 0. The van der Waals surface area contributed by atoms with Crippen molar-refractivity contribution in [2.45, 2.75) is 43.9 Å². The van der Waals surface area contributed by atoms with Gasteiger partial charge in [0, 0.05) is 0 Å². The second-order valence-electron chi connectivity index (χ2n) is 5.22. The first-order valence-electron chi connectivity index (χ1n) is 6.20. The van der Waals surface area contributed by atoms with Gasteiger partial charge in [0.1, 0.15) is 12.1 Å². The molecule has 0 radical (unpaired) electrons. The summed E-state index contributed by atoms with van der Waals surface area (Å²) in [6.07, 6.45) is 3.01. The quantitative estimate of drug-likeness (QED) is 0.706. The van der Waals surface area contributed by atoms with Crippen molar-refractivity contribution in [3.05, 3.63) is 0 Å². The van der Waals surface area contributed by atoms with E-state index in [0.29, 0.717) is 0 Å². The fourth-order valence-electron chi connectivity index (χ4n) is 2.25. The van der Waals surface area contributed by atoms with Crippen molar-refractivity contribution in [2.24, 2.45) is 0 Å². The molecule has 0 aromatic carbocycles. The number of nitrogens with zero attached hydrogens (tertiary/aromatic N) is 1. The van der Waals surface area contributed by atoms with Gasteiger partial charge in [0.15, 0.2) is 0 Å². The van der Waals surface area contributed by atoms with Crippen molar-refractivity contribution in [1.29, 1.82) is 0 Å². The van der Waals surface area contributed by atoms with Crippen LogP contribution in [0.3, 0.4) is 0 Å². The molecule has 6 heteroatoms. The summed E-state index contributed by atoms with van der Waals surface area (Å²) in [4.78, 5) is 37.1. The van der Waals surface area contributed by atoms with Gasteiger partial charge in [-0.15, -0.1) is 11.8 Å². The molecule has 0 aromatic heterocycles. The molecule has 1 atom stereocenters. The van der Waals surface area contributed by atoms with Crippen molar-refractivity contribution in [3.8, 4) is 0 Å². The van der Waals surface area contributed by atoms with E-state index in [1.54, 1.807) is 25.6 Å². The van der Waals surface area contributed by atoms with Crippen LogP contribution in [0, 0.1) is 0 Å². The van der Waals surface area contributed by atoms with E-state index in [9.17, 15) is 14.4 Å². The van der Waals surface area contributed by atoms with Gasteiger partial charge in [-0.3, -0.25) is 19.7 Å². The summed E-state index contributed by atoms with van der Waals surface area (Å²) >= 11 is 1.63. The van der Waals surface area contributed by atoms with Crippen LogP contribution < -0.4 is 5.32 Å². The van der Waals surface area contributed by atoms with Crippen molar-refractivity contribution in [2.75, 3.05) is 12.3 Å². The monoisotopic (exact) mass is 270 g/mol. The highest BCUT2D eigenvalue weighted by Gasteiger charge is 2.45. The molecule has 2 saturated heterocycles.